The number of nitrogens with one attached hydrogen (secondary N) is 1. The fourth-order valence-electron chi connectivity index (χ4n) is 3.36. The number of nitrogens with zero attached hydrogens (tertiary/aromatic N) is 3. The second kappa shape index (κ2) is 9.90. The molecule has 1 N–H and O–H groups in total. The normalized spacial score (nSPS) is 14.4. The van der Waals surface area contributed by atoms with E-state index in [4.69, 9.17) is 11.6 Å². The van der Waals surface area contributed by atoms with Gasteiger partial charge < -0.3 is 10.2 Å². The Balaban J connectivity index is 1.53. The first-order valence-electron chi connectivity index (χ1n) is 9.41. The Morgan fingerprint density at radius 2 is 2.07 bits per heavy atom. The molecule has 1 fully saturated rings. The lowest BCUT2D eigenvalue weighted by molar-refractivity contribution is -0.384. The number of hydrogen-bond donors (Lipinski definition) is 1. The molecule has 0 bridgehead atoms. The number of benzene rings is 1. The maximum atomic E-state index is 12.8. The Hall–Kier alpha value is -2.65. The highest BCUT2D eigenvalue weighted by atomic mass is 35.5. The van der Waals surface area contributed by atoms with Gasteiger partial charge in [-0.3, -0.25) is 19.7 Å². The van der Waals surface area contributed by atoms with Crippen molar-refractivity contribution in [2.75, 3.05) is 25.9 Å². The third-order valence-corrected chi connectivity index (χ3v) is 6.08. The first-order chi connectivity index (χ1) is 14.4. The van der Waals surface area contributed by atoms with Crippen molar-refractivity contribution in [2.24, 2.45) is 5.92 Å². The van der Waals surface area contributed by atoms with Crippen LogP contribution in [0.2, 0.25) is 5.02 Å². The molecule has 0 radical (unpaired) electrons. The predicted molar refractivity (Wildman–Crippen MR) is 115 cm³/mol. The number of halogens is 1. The number of piperidine rings is 1. The second-order valence-corrected chi connectivity index (χ2v) is 8.13. The third kappa shape index (κ3) is 5.09. The van der Waals surface area contributed by atoms with Crippen molar-refractivity contribution in [2.45, 2.75) is 17.9 Å². The van der Waals surface area contributed by atoms with Gasteiger partial charge in [0.2, 0.25) is 0 Å². The maximum Gasteiger partial charge on any atom is 0.288 e. The molecule has 2 heterocycles. The van der Waals surface area contributed by atoms with Gasteiger partial charge in [0.05, 0.1) is 10.5 Å². The molecule has 3 rings (SSSR count). The summed E-state index contributed by atoms with van der Waals surface area (Å²) in [5, 5.41) is 14.5. The minimum absolute atomic E-state index is 0.00756. The fourth-order valence-corrected chi connectivity index (χ4v) is 4.09. The molecule has 158 valence electrons. The van der Waals surface area contributed by atoms with Crippen molar-refractivity contribution in [3.8, 4) is 0 Å². The lowest BCUT2D eigenvalue weighted by atomic mass is 9.96. The van der Waals surface area contributed by atoms with Gasteiger partial charge >= 0.3 is 0 Å². The summed E-state index contributed by atoms with van der Waals surface area (Å²) >= 11 is 7.23. The Labute approximate surface area is 183 Å². The highest BCUT2D eigenvalue weighted by Crippen LogP contribution is 2.25. The van der Waals surface area contributed by atoms with Crippen molar-refractivity contribution in [3.05, 3.63) is 62.8 Å². The smallest absolute Gasteiger partial charge is 0.288 e. The number of pyridine rings is 1. The van der Waals surface area contributed by atoms with Gasteiger partial charge in [0.15, 0.2) is 0 Å². The van der Waals surface area contributed by atoms with Crippen LogP contribution in [0.1, 0.15) is 33.6 Å². The van der Waals surface area contributed by atoms with Crippen molar-refractivity contribution in [1.82, 2.24) is 15.2 Å². The lowest BCUT2D eigenvalue weighted by Gasteiger charge is -2.32. The standard InChI is InChI=1S/C20H21ClN4O4S/c1-30-19-15(3-2-8-22-19)20(27)24-9-6-13(7-10-24)12-23-18(26)14-4-5-16(21)17(11-14)25(28)29/h2-5,8,11,13H,6-7,9-10,12H2,1H3,(H,23,26). The molecule has 0 spiro atoms. The molecule has 30 heavy (non-hydrogen) atoms. The zero-order chi connectivity index (χ0) is 21.7. The predicted octanol–water partition coefficient (Wildman–Crippen LogP) is 3.65. The number of amides is 2. The Morgan fingerprint density at radius 1 is 1.33 bits per heavy atom. The highest BCUT2D eigenvalue weighted by Gasteiger charge is 2.26. The average molecular weight is 449 g/mol. The van der Waals surface area contributed by atoms with Gasteiger partial charge in [0.1, 0.15) is 10.0 Å². The van der Waals surface area contributed by atoms with Crippen LogP contribution in [0.25, 0.3) is 0 Å². The van der Waals surface area contributed by atoms with E-state index in [1.807, 2.05) is 11.2 Å². The van der Waals surface area contributed by atoms with Crippen LogP contribution in [0, 0.1) is 16.0 Å². The van der Waals surface area contributed by atoms with E-state index < -0.39 is 4.92 Å². The molecular weight excluding hydrogens is 428 g/mol. The maximum absolute atomic E-state index is 12.8. The topological polar surface area (TPSA) is 105 Å². The van der Waals surface area contributed by atoms with E-state index in [2.05, 4.69) is 10.3 Å². The molecule has 1 aromatic carbocycles. The minimum Gasteiger partial charge on any atom is -0.352 e. The lowest BCUT2D eigenvalue weighted by Crippen LogP contribution is -2.41. The third-order valence-electron chi connectivity index (χ3n) is 5.05. The molecule has 10 heteroatoms. The van der Waals surface area contributed by atoms with Gasteiger partial charge in [0.25, 0.3) is 17.5 Å². The van der Waals surface area contributed by atoms with Crippen molar-refractivity contribution in [1.29, 1.82) is 0 Å². The van der Waals surface area contributed by atoms with Gasteiger partial charge in [-0.2, -0.15) is 0 Å². The number of rotatable bonds is 6. The van der Waals surface area contributed by atoms with E-state index in [-0.39, 0.29) is 34.0 Å². The van der Waals surface area contributed by atoms with Crippen LogP contribution in [0.15, 0.2) is 41.6 Å². The summed E-state index contributed by atoms with van der Waals surface area (Å²) in [6.07, 6.45) is 5.10. The van der Waals surface area contributed by atoms with Gasteiger partial charge in [-0.15, -0.1) is 11.8 Å². The molecule has 0 unspecified atom stereocenters. The molecule has 0 atom stereocenters. The van der Waals surface area contributed by atoms with Gasteiger partial charge in [0, 0.05) is 37.5 Å². The Bertz CT molecular complexity index is 964. The number of aromatic nitrogens is 1. The monoisotopic (exact) mass is 448 g/mol. The number of carbonyl (C=O) groups is 2. The van der Waals surface area contributed by atoms with E-state index in [1.165, 1.54) is 30.0 Å². The van der Waals surface area contributed by atoms with Gasteiger partial charge in [-0.1, -0.05) is 11.6 Å². The van der Waals surface area contributed by atoms with E-state index in [9.17, 15) is 19.7 Å². The fraction of sp³-hybridized carbons (Fsp3) is 0.350. The Morgan fingerprint density at radius 3 is 2.73 bits per heavy atom. The minimum atomic E-state index is -0.615. The van der Waals surface area contributed by atoms with Crippen molar-refractivity contribution < 1.29 is 14.5 Å². The van der Waals surface area contributed by atoms with E-state index in [0.29, 0.717) is 30.2 Å². The molecule has 8 nitrogen and oxygen atoms in total. The zero-order valence-corrected chi connectivity index (χ0v) is 17.9. The number of nitro benzene ring substituents is 1. The second-order valence-electron chi connectivity index (χ2n) is 6.93. The van der Waals surface area contributed by atoms with E-state index >= 15 is 0 Å². The summed E-state index contributed by atoms with van der Waals surface area (Å²) in [6, 6.07) is 7.54. The van der Waals surface area contributed by atoms with E-state index in [1.54, 1.807) is 18.3 Å². The summed E-state index contributed by atoms with van der Waals surface area (Å²) in [6.45, 7) is 1.66. The quantitative estimate of drug-likeness (QED) is 0.411. The molecule has 0 saturated carbocycles. The molecule has 1 aliphatic rings. The number of likely N-dealkylation sites (tertiary alicyclic amines) is 1. The summed E-state index contributed by atoms with van der Waals surface area (Å²) in [5.74, 6) is -0.175. The first kappa shape index (κ1) is 22.0. The molecular formula is C20H21ClN4O4S. The van der Waals surface area contributed by atoms with Crippen LogP contribution < -0.4 is 5.32 Å². The average Bonchev–Trinajstić information content (AvgIpc) is 2.77. The van der Waals surface area contributed by atoms with Crippen LogP contribution in [0.3, 0.4) is 0 Å². The number of thioether (sulfide) groups is 1. The van der Waals surface area contributed by atoms with Crippen molar-refractivity contribution in [3.63, 3.8) is 0 Å². The Kier molecular flexibility index (Phi) is 7.28. The summed E-state index contributed by atoms with van der Waals surface area (Å²) in [4.78, 5) is 41.6. The van der Waals surface area contributed by atoms with Crippen LogP contribution in [0.5, 0.6) is 0 Å². The van der Waals surface area contributed by atoms with Gasteiger partial charge in [-0.25, -0.2) is 4.98 Å². The van der Waals surface area contributed by atoms with Crippen LogP contribution in [0.4, 0.5) is 5.69 Å². The molecule has 2 aromatic rings. The van der Waals surface area contributed by atoms with Crippen molar-refractivity contribution >= 4 is 40.9 Å². The molecule has 1 aromatic heterocycles. The highest BCUT2D eigenvalue weighted by molar-refractivity contribution is 7.98. The molecule has 1 aliphatic heterocycles. The van der Waals surface area contributed by atoms with Gasteiger partial charge in [-0.05, 0) is 49.3 Å². The summed E-state index contributed by atoms with van der Waals surface area (Å²) in [5.41, 5.74) is 0.511. The summed E-state index contributed by atoms with van der Waals surface area (Å²) in [7, 11) is 0. The molecule has 1 saturated heterocycles. The molecule has 2 amide bonds. The van der Waals surface area contributed by atoms with Crippen LogP contribution >= 0.6 is 23.4 Å². The largest absolute Gasteiger partial charge is 0.352 e. The zero-order valence-electron chi connectivity index (χ0n) is 16.3. The first-order valence-corrected chi connectivity index (χ1v) is 11.0. The number of hydrogen-bond acceptors (Lipinski definition) is 6. The summed E-state index contributed by atoms with van der Waals surface area (Å²) < 4.78 is 0. The van der Waals surface area contributed by atoms with Crippen LogP contribution in [-0.2, 0) is 0 Å². The van der Waals surface area contributed by atoms with Crippen LogP contribution in [-0.4, -0.2) is 52.5 Å². The SMILES string of the molecule is CSc1ncccc1C(=O)N1CCC(CNC(=O)c2ccc(Cl)c([N+](=O)[O-])c2)CC1. The van der Waals surface area contributed by atoms with E-state index in [0.717, 1.165) is 12.8 Å². The number of carbonyl (C=O) groups excluding carboxylic acids is 2. The number of nitro groups is 1. The molecule has 0 aliphatic carbocycles.